The molecule has 2 heterocycles. The number of benzene rings is 1. The molecule has 8 nitrogen and oxygen atoms in total. The zero-order chi connectivity index (χ0) is 27.7. The van der Waals surface area contributed by atoms with Crippen molar-refractivity contribution in [3.8, 4) is 0 Å². The van der Waals surface area contributed by atoms with Gasteiger partial charge in [-0.15, -0.1) is 0 Å². The zero-order valence-corrected chi connectivity index (χ0v) is 23.7. The van der Waals surface area contributed by atoms with E-state index in [0.717, 1.165) is 25.7 Å². The Kier molecular flexibility index (Phi) is 8.40. The van der Waals surface area contributed by atoms with E-state index in [0.29, 0.717) is 36.0 Å². The van der Waals surface area contributed by atoms with E-state index in [-0.39, 0.29) is 30.7 Å². The van der Waals surface area contributed by atoms with Gasteiger partial charge in [0.2, 0.25) is 17.7 Å². The second kappa shape index (κ2) is 11.2. The summed E-state index contributed by atoms with van der Waals surface area (Å²) in [5.41, 5.74) is -0.474. The number of hydrogen-bond acceptors (Lipinski definition) is 5. The molecule has 3 fully saturated rings. The van der Waals surface area contributed by atoms with Gasteiger partial charge in [0.15, 0.2) is 0 Å². The second-order valence-electron chi connectivity index (χ2n) is 12.4. The highest BCUT2D eigenvalue weighted by atomic mass is 35.5. The first-order valence-electron chi connectivity index (χ1n) is 13.7. The molecule has 4 rings (SSSR count). The number of nitrogens with zero attached hydrogens (tertiary/aromatic N) is 2. The molecule has 1 saturated carbocycles. The van der Waals surface area contributed by atoms with Crippen molar-refractivity contribution in [1.29, 1.82) is 0 Å². The third kappa shape index (κ3) is 6.16. The molecule has 9 heteroatoms. The number of likely N-dealkylation sites (tertiary alicyclic amines) is 1. The van der Waals surface area contributed by atoms with Crippen LogP contribution in [0.25, 0.3) is 0 Å². The number of amides is 3. The number of rotatable bonds is 6. The lowest BCUT2D eigenvalue weighted by molar-refractivity contribution is -0.153. The molecule has 208 valence electrons. The molecule has 3 aliphatic rings. The van der Waals surface area contributed by atoms with E-state index in [1.54, 1.807) is 23.1 Å². The molecule has 3 amide bonds. The zero-order valence-electron chi connectivity index (χ0n) is 22.9. The Balaban J connectivity index is 1.55. The molecule has 2 aliphatic heterocycles. The first-order valence-corrected chi connectivity index (χ1v) is 14.0. The Labute approximate surface area is 230 Å². The van der Waals surface area contributed by atoms with Crippen LogP contribution in [0.1, 0.15) is 72.1 Å². The highest BCUT2D eigenvalue weighted by Crippen LogP contribution is 2.45. The van der Waals surface area contributed by atoms with Crippen molar-refractivity contribution in [1.82, 2.24) is 10.2 Å². The van der Waals surface area contributed by atoms with Gasteiger partial charge in [-0.05, 0) is 48.8 Å². The van der Waals surface area contributed by atoms with E-state index < -0.39 is 28.9 Å². The van der Waals surface area contributed by atoms with Crippen LogP contribution in [0.4, 0.5) is 5.69 Å². The molecule has 1 aliphatic carbocycles. The first kappa shape index (κ1) is 28.4. The number of carbonyl (C=O) groups excluding carboxylic acids is 4. The summed E-state index contributed by atoms with van der Waals surface area (Å²) < 4.78 is 5.08. The largest absolute Gasteiger partial charge is 0.467 e. The van der Waals surface area contributed by atoms with Crippen LogP contribution in [-0.4, -0.2) is 60.9 Å². The number of methoxy groups -OCH3 is 1. The van der Waals surface area contributed by atoms with E-state index in [4.69, 9.17) is 16.3 Å². The summed E-state index contributed by atoms with van der Waals surface area (Å²) >= 11 is 6.16. The van der Waals surface area contributed by atoms with Crippen molar-refractivity contribution in [2.45, 2.75) is 84.2 Å². The molecule has 0 radical (unpaired) electrons. The van der Waals surface area contributed by atoms with Crippen LogP contribution < -0.4 is 10.2 Å². The fourth-order valence-electron chi connectivity index (χ4n) is 6.34. The fraction of sp³-hybridized carbons (Fsp3) is 0.655. The Morgan fingerprint density at radius 2 is 1.87 bits per heavy atom. The van der Waals surface area contributed by atoms with Gasteiger partial charge in [0.1, 0.15) is 12.1 Å². The molecule has 1 N–H and O–H groups in total. The Morgan fingerprint density at radius 3 is 2.50 bits per heavy atom. The first-order chi connectivity index (χ1) is 17.9. The van der Waals surface area contributed by atoms with Crippen LogP contribution in [0.2, 0.25) is 5.02 Å². The van der Waals surface area contributed by atoms with Crippen molar-refractivity contribution in [2.75, 3.05) is 25.1 Å². The number of esters is 1. The number of hydrogen-bond donors (Lipinski definition) is 1. The van der Waals surface area contributed by atoms with Gasteiger partial charge in [0.05, 0.1) is 7.11 Å². The van der Waals surface area contributed by atoms with Crippen molar-refractivity contribution in [2.24, 2.45) is 16.7 Å². The van der Waals surface area contributed by atoms with Gasteiger partial charge in [-0.2, -0.15) is 0 Å². The topological polar surface area (TPSA) is 96.0 Å². The van der Waals surface area contributed by atoms with Crippen LogP contribution in [0.5, 0.6) is 0 Å². The molecular weight excluding hydrogens is 506 g/mol. The van der Waals surface area contributed by atoms with Gasteiger partial charge < -0.3 is 19.9 Å². The molecule has 0 aromatic heterocycles. The third-order valence-corrected chi connectivity index (χ3v) is 8.56. The third-order valence-electron chi connectivity index (χ3n) is 8.32. The Morgan fingerprint density at radius 1 is 1.16 bits per heavy atom. The maximum absolute atomic E-state index is 14.1. The summed E-state index contributed by atoms with van der Waals surface area (Å²) in [5.74, 6) is -0.671. The molecule has 3 atom stereocenters. The quantitative estimate of drug-likeness (QED) is 0.536. The van der Waals surface area contributed by atoms with Crippen molar-refractivity contribution in [3.63, 3.8) is 0 Å². The van der Waals surface area contributed by atoms with Crippen LogP contribution in [0.3, 0.4) is 0 Å². The van der Waals surface area contributed by atoms with Crippen LogP contribution in [-0.2, 0) is 23.9 Å². The minimum atomic E-state index is -0.820. The van der Waals surface area contributed by atoms with Crippen molar-refractivity contribution >= 4 is 41.0 Å². The van der Waals surface area contributed by atoms with Gasteiger partial charge in [0, 0.05) is 42.1 Å². The normalized spacial score (nSPS) is 25.1. The highest BCUT2D eigenvalue weighted by molar-refractivity contribution is 6.31. The Bertz CT molecular complexity index is 1080. The molecule has 1 aromatic carbocycles. The van der Waals surface area contributed by atoms with Gasteiger partial charge in [0.25, 0.3) is 0 Å². The number of nitrogens with one attached hydrogen (secondary N) is 1. The van der Waals surface area contributed by atoms with E-state index in [1.807, 2.05) is 26.8 Å². The number of anilines is 1. The highest BCUT2D eigenvalue weighted by Gasteiger charge is 2.56. The smallest absolute Gasteiger partial charge is 0.328 e. The van der Waals surface area contributed by atoms with E-state index >= 15 is 0 Å². The van der Waals surface area contributed by atoms with Crippen molar-refractivity contribution < 1.29 is 23.9 Å². The Hall–Kier alpha value is -2.61. The average Bonchev–Trinajstić information content (AvgIpc) is 3.40. The standard InChI is InChI=1S/C29H40ClN3O5/c1-28(2,3)25(31-23(34)13-19-9-6-5-7-10-19)26(36)33-18-29(15-22(33)27(37)38-4)16-24(35)32(17-29)21-12-8-11-20(30)14-21/h8,11-12,14,19,22,25H,5-7,9-10,13,15-18H2,1-4H3,(H,31,34)/t22-,25?,29-/m0/s1. The SMILES string of the molecule is COC(=O)[C@@H]1C[C@@]2(CC(=O)N(c3cccc(Cl)c3)C2)CN1C(=O)C(NC(=O)CC1CCCCC1)C(C)(C)C. The van der Waals surface area contributed by atoms with Gasteiger partial charge >= 0.3 is 5.97 Å². The van der Waals surface area contributed by atoms with E-state index in [2.05, 4.69) is 5.32 Å². The van der Waals surface area contributed by atoms with Crippen LogP contribution >= 0.6 is 11.6 Å². The minimum Gasteiger partial charge on any atom is -0.467 e. The van der Waals surface area contributed by atoms with Gasteiger partial charge in [-0.3, -0.25) is 14.4 Å². The number of halogens is 1. The summed E-state index contributed by atoms with van der Waals surface area (Å²) in [6.07, 6.45) is 6.52. The molecule has 2 saturated heterocycles. The number of carbonyl (C=O) groups is 4. The molecule has 1 unspecified atom stereocenters. The predicted molar refractivity (Wildman–Crippen MR) is 146 cm³/mol. The average molecular weight is 546 g/mol. The lowest BCUT2D eigenvalue weighted by Gasteiger charge is -2.36. The lowest BCUT2D eigenvalue weighted by atomic mass is 9.84. The fourth-order valence-corrected chi connectivity index (χ4v) is 6.52. The predicted octanol–water partition coefficient (Wildman–Crippen LogP) is 4.34. The minimum absolute atomic E-state index is 0.0710. The second-order valence-corrected chi connectivity index (χ2v) is 12.9. The molecular formula is C29H40ClN3O5. The summed E-state index contributed by atoms with van der Waals surface area (Å²) in [6.45, 7) is 6.34. The molecule has 1 spiro atoms. The summed E-state index contributed by atoms with van der Waals surface area (Å²) in [5, 5.41) is 3.54. The maximum atomic E-state index is 14.1. The van der Waals surface area contributed by atoms with Gasteiger partial charge in [-0.25, -0.2) is 4.79 Å². The lowest BCUT2D eigenvalue weighted by Crippen LogP contribution is -2.57. The number of ether oxygens (including phenoxy) is 1. The molecule has 0 bridgehead atoms. The van der Waals surface area contributed by atoms with Crippen LogP contribution in [0.15, 0.2) is 24.3 Å². The molecule has 1 aromatic rings. The summed E-state index contributed by atoms with van der Waals surface area (Å²) in [7, 11) is 1.31. The van der Waals surface area contributed by atoms with Crippen LogP contribution in [0, 0.1) is 16.7 Å². The molecule has 38 heavy (non-hydrogen) atoms. The monoisotopic (exact) mass is 545 g/mol. The maximum Gasteiger partial charge on any atom is 0.328 e. The van der Waals surface area contributed by atoms with E-state index in [1.165, 1.54) is 18.4 Å². The summed E-state index contributed by atoms with van der Waals surface area (Å²) in [4.78, 5) is 56.3. The summed E-state index contributed by atoms with van der Waals surface area (Å²) in [6, 6.07) is 5.49. The van der Waals surface area contributed by atoms with Crippen molar-refractivity contribution in [3.05, 3.63) is 29.3 Å². The van der Waals surface area contributed by atoms with E-state index in [9.17, 15) is 19.2 Å². The van der Waals surface area contributed by atoms with Gasteiger partial charge in [-0.1, -0.05) is 57.7 Å².